The number of nitrogens with zero attached hydrogens (tertiary/aromatic N) is 1. The first-order valence-electron chi connectivity index (χ1n) is 8.44. The number of hydrogen-bond acceptors (Lipinski definition) is 5. The highest BCUT2D eigenvalue weighted by atomic mass is 35.5. The van der Waals surface area contributed by atoms with Crippen LogP contribution in [-0.2, 0) is 26.4 Å². The summed E-state index contributed by atoms with van der Waals surface area (Å²) in [6, 6.07) is 8.82. The maximum atomic E-state index is 13.1. The number of benzene rings is 2. The van der Waals surface area contributed by atoms with Gasteiger partial charge in [-0.3, -0.25) is 4.79 Å². The Hall–Kier alpha value is -2.61. The zero-order valence-corrected chi connectivity index (χ0v) is 17.1. The molecule has 2 rings (SSSR count). The van der Waals surface area contributed by atoms with Gasteiger partial charge < -0.3 is 10.4 Å². The number of hydrogen-bond donors (Lipinski definition) is 2. The van der Waals surface area contributed by atoms with E-state index in [1.807, 2.05) is 6.07 Å². The van der Waals surface area contributed by atoms with Crippen LogP contribution in [0.25, 0.3) is 0 Å². The quantitative estimate of drug-likeness (QED) is 0.686. The van der Waals surface area contributed by atoms with Crippen LogP contribution in [0, 0.1) is 11.3 Å². The van der Waals surface area contributed by atoms with E-state index in [1.165, 1.54) is 25.1 Å². The molecular formula is C19H16ClF3N2O4S. The third-order valence-corrected chi connectivity index (χ3v) is 6.31. The largest absolute Gasteiger partial charge is 0.416 e. The Kier molecular flexibility index (Phi) is 6.81. The molecule has 0 bridgehead atoms. The predicted molar refractivity (Wildman–Crippen MR) is 104 cm³/mol. The molecule has 2 aromatic carbocycles. The molecule has 6 nitrogen and oxygen atoms in total. The van der Waals surface area contributed by atoms with Crippen LogP contribution in [0.15, 0.2) is 42.5 Å². The monoisotopic (exact) mass is 460 g/mol. The highest BCUT2D eigenvalue weighted by molar-refractivity contribution is 7.91. The van der Waals surface area contributed by atoms with Gasteiger partial charge in [-0.05, 0) is 35.9 Å². The smallest absolute Gasteiger partial charge is 0.374 e. The molecule has 1 amide bonds. The summed E-state index contributed by atoms with van der Waals surface area (Å²) in [5, 5.41) is 22.1. The van der Waals surface area contributed by atoms with E-state index in [4.69, 9.17) is 16.9 Å². The molecule has 0 fully saturated rings. The molecule has 0 spiro atoms. The lowest BCUT2D eigenvalue weighted by Gasteiger charge is -2.28. The number of amides is 1. The van der Waals surface area contributed by atoms with Crippen LogP contribution < -0.4 is 5.32 Å². The van der Waals surface area contributed by atoms with Gasteiger partial charge in [0, 0.05) is 11.4 Å². The van der Waals surface area contributed by atoms with E-state index in [0.717, 1.165) is 18.2 Å². The van der Waals surface area contributed by atoms with Crippen molar-refractivity contribution in [3.05, 3.63) is 64.2 Å². The van der Waals surface area contributed by atoms with Crippen LogP contribution >= 0.6 is 11.6 Å². The fraction of sp³-hybridized carbons (Fsp3) is 0.263. The number of rotatable bonds is 6. The van der Waals surface area contributed by atoms with Crippen molar-refractivity contribution in [3.63, 3.8) is 0 Å². The summed E-state index contributed by atoms with van der Waals surface area (Å²) in [6.45, 7) is 1.28. The number of carbonyl (C=O) groups is 1. The summed E-state index contributed by atoms with van der Waals surface area (Å²) < 4.78 is 63.5. The van der Waals surface area contributed by atoms with Crippen molar-refractivity contribution in [2.24, 2.45) is 0 Å². The van der Waals surface area contributed by atoms with Crippen LogP contribution in [0.4, 0.5) is 18.9 Å². The average Bonchev–Trinajstić information content (AvgIpc) is 2.67. The van der Waals surface area contributed by atoms with Gasteiger partial charge in [0.2, 0.25) is 0 Å². The van der Waals surface area contributed by atoms with E-state index < -0.39 is 50.2 Å². The number of sulfone groups is 1. The van der Waals surface area contributed by atoms with E-state index in [0.29, 0.717) is 6.07 Å². The molecule has 0 aromatic heterocycles. The number of nitriles is 1. The van der Waals surface area contributed by atoms with E-state index in [9.17, 15) is 31.5 Å². The lowest BCUT2D eigenvalue weighted by Crippen LogP contribution is -2.46. The van der Waals surface area contributed by atoms with Gasteiger partial charge in [-0.1, -0.05) is 30.7 Å². The Morgan fingerprint density at radius 2 is 1.83 bits per heavy atom. The first-order valence-corrected chi connectivity index (χ1v) is 10.6. The van der Waals surface area contributed by atoms with Crippen molar-refractivity contribution < 1.29 is 31.5 Å². The molecule has 2 aromatic rings. The van der Waals surface area contributed by atoms with Crippen LogP contribution in [-0.4, -0.2) is 30.9 Å². The first-order chi connectivity index (χ1) is 13.8. The van der Waals surface area contributed by atoms with Crippen molar-refractivity contribution in [3.8, 4) is 6.07 Å². The van der Waals surface area contributed by atoms with Crippen molar-refractivity contribution in [1.29, 1.82) is 5.26 Å². The Labute approximate surface area is 175 Å². The summed E-state index contributed by atoms with van der Waals surface area (Å²) in [4.78, 5) is 12.8. The highest BCUT2D eigenvalue weighted by Crippen LogP contribution is 2.33. The zero-order valence-electron chi connectivity index (χ0n) is 15.5. The minimum Gasteiger partial charge on any atom is -0.374 e. The van der Waals surface area contributed by atoms with E-state index in [2.05, 4.69) is 5.32 Å². The molecule has 1 atom stereocenters. The maximum absolute atomic E-state index is 13.1. The second-order valence-corrected chi connectivity index (χ2v) is 9.14. The van der Waals surface area contributed by atoms with Crippen molar-refractivity contribution in [2.75, 3.05) is 16.8 Å². The van der Waals surface area contributed by atoms with Gasteiger partial charge in [0.25, 0.3) is 5.91 Å². The third-order valence-electron chi connectivity index (χ3n) is 4.26. The molecule has 2 N–H and O–H groups in total. The van der Waals surface area contributed by atoms with Crippen LogP contribution in [0.5, 0.6) is 0 Å². The Balaban J connectivity index is 2.53. The normalized spacial score (nSPS) is 13.9. The molecular weight excluding hydrogens is 445 g/mol. The van der Waals surface area contributed by atoms with Gasteiger partial charge in [0.05, 0.1) is 21.9 Å². The first kappa shape index (κ1) is 23.7. The molecule has 160 valence electrons. The Morgan fingerprint density at radius 3 is 2.37 bits per heavy atom. The number of carbonyl (C=O) groups excluding carboxylic acids is 1. The molecule has 0 heterocycles. The molecule has 0 aliphatic heterocycles. The second kappa shape index (κ2) is 8.63. The molecule has 0 saturated heterocycles. The molecule has 0 saturated carbocycles. The van der Waals surface area contributed by atoms with Gasteiger partial charge in [-0.25, -0.2) is 8.42 Å². The van der Waals surface area contributed by atoms with Gasteiger partial charge in [0.15, 0.2) is 15.4 Å². The minimum absolute atomic E-state index is 0.0147. The van der Waals surface area contributed by atoms with Crippen molar-refractivity contribution in [1.82, 2.24) is 0 Å². The van der Waals surface area contributed by atoms with Crippen molar-refractivity contribution in [2.45, 2.75) is 18.7 Å². The summed E-state index contributed by atoms with van der Waals surface area (Å²) in [5.41, 5.74) is -4.37. The van der Waals surface area contributed by atoms with Gasteiger partial charge in [-0.15, -0.1) is 0 Å². The lowest BCUT2D eigenvalue weighted by molar-refractivity contribution is -0.138. The Bertz CT molecular complexity index is 1110. The topological polar surface area (TPSA) is 107 Å². The summed E-state index contributed by atoms with van der Waals surface area (Å²) in [7, 11) is -3.99. The average molecular weight is 461 g/mol. The zero-order chi connectivity index (χ0) is 22.7. The van der Waals surface area contributed by atoms with E-state index in [1.54, 1.807) is 0 Å². The SMILES string of the molecule is CCS(=O)(=O)CC(O)(C(=O)Nc1ccc(C#N)c(Cl)c1)c1cccc(C(F)(F)F)c1. The lowest BCUT2D eigenvalue weighted by atomic mass is 9.93. The summed E-state index contributed by atoms with van der Waals surface area (Å²) >= 11 is 5.89. The fourth-order valence-electron chi connectivity index (χ4n) is 2.57. The standard InChI is InChI=1S/C19H16ClF3N2O4S/c1-2-30(28,29)11-18(27,13-4-3-5-14(8-13)19(21,22)23)17(26)25-15-7-6-12(10-24)16(20)9-15/h3-9,27H,2,11H2,1H3,(H,25,26). The molecule has 0 aliphatic carbocycles. The molecule has 0 radical (unpaired) electrons. The van der Waals surface area contributed by atoms with Crippen LogP contribution in [0.1, 0.15) is 23.6 Å². The van der Waals surface area contributed by atoms with Gasteiger partial charge in [0.1, 0.15) is 6.07 Å². The number of nitrogens with one attached hydrogen (secondary N) is 1. The fourth-order valence-corrected chi connectivity index (χ4v) is 3.93. The van der Waals surface area contributed by atoms with Gasteiger partial charge in [-0.2, -0.15) is 18.4 Å². The molecule has 0 aliphatic rings. The number of anilines is 1. The third kappa shape index (κ3) is 5.30. The van der Waals surface area contributed by atoms with Crippen LogP contribution in [0.2, 0.25) is 5.02 Å². The predicted octanol–water partition coefficient (Wildman–Crippen LogP) is 3.49. The molecule has 11 heteroatoms. The minimum atomic E-state index is -4.77. The molecule has 30 heavy (non-hydrogen) atoms. The highest BCUT2D eigenvalue weighted by Gasteiger charge is 2.43. The van der Waals surface area contributed by atoms with Gasteiger partial charge >= 0.3 is 6.18 Å². The number of halogens is 4. The maximum Gasteiger partial charge on any atom is 0.416 e. The van der Waals surface area contributed by atoms with Crippen LogP contribution in [0.3, 0.4) is 0 Å². The number of alkyl halides is 3. The Morgan fingerprint density at radius 1 is 1.20 bits per heavy atom. The number of aliphatic hydroxyl groups is 1. The van der Waals surface area contributed by atoms with E-state index >= 15 is 0 Å². The molecule has 1 unspecified atom stereocenters. The second-order valence-electron chi connectivity index (χ2n) is 6.38. The van der Waals surface area contributed by atoms with Crippen molar-refractivity contribution >= 4 is 33.0 Å². The summed E-state index contributed by atoms with van der Waals surface area (Å²) in [5.74, 6) is -2.84. The van der Waals surface area contributed by atoms with E-state index in [-0.39, 0.29) is 16.3 Å². The summed E-state index contributed by atoms with van der Waals surface area (Å²) in [6.07, 6.45) is -4.77.